The Morgan fingerprint density at radius 3 is 2.43 bits per heavy atom. The molecule has 0 amide bonds. The van der Waals surface area contributed by atoms with Gasteiger partial charge in [-0.25, -0.2) is 4.21 Å². The fraction of sp³-hybridized carbons (Fsp3) is 1.00. The van der Waals surface area contributed by atoms with Crippen molar-refractivity contribution in [1.29, 1.82) is 0 Å². The molecular weight excluding hydrogens is 204 g/mol. The summed E-state index contributed by atoms with van der Waals surface area (Å²) in [5, 5.41) is 9.49. The fourth-order valence-corrected chi connectivity index (χ4v) is 3.87. The number of rotatable bonds is 1. The Balaban J connectivity index is 2.38. The summed E-state index contributed by atoms with van der Waals surface area (Å²) in [6, 6.07) is 0. The number of aliphatic hydroxyl groups is 1. The van der Waals surface area contributed by atoms with Crippen LogP contribution in [0.1, 0.15) is 27.2 Å². The van der Waals surface area contributed by atoms with Crippen LogP contribution in [0, 0.1) is 5.92 Å². The van der Waals surface area contributed by atoms with Crippen LogP contribution in [0.2, 0.25) is 0 Å². The van der Waals surface area contributed by atoms with E-state index in [-0.39, 0.29) is 5.92 Å². The molecule has 0 saturated carbocycles. The maximum Gasteiger partial charge on any atom is 0.159 e. The maximum atomic E-state index is 11.1. The number of fused-ring (bicyclic) bond motifs is 2. The largest absolute Gasteiger partial charge is 0.390 e. The summed E-state index contributed by atoms with van der Waals surface area (Å²) < 4.78 is 26.0. The Bertz CT molecular complexity index is 295. The van der Waals surface area contributed by atoms with Crippen molar-refractivity contribution in [2.24, 2.45) is 5.92 Å². The van der Waals surface area contributed by atoms with Crippen molar-refractivity contribution in [2.45, 2.75) is 49.7 Å². The van der Waals surface area contributed by atoms with Gasteiger partial charge in [-0.1, -0.05) is 6.92 Å². The first-order valence-electron chi connectivity index (χ1n) is 4.79. The van der Waals surface area contributed by atoms with Crippen molar-refractivity contribution in [3.05, 3.63) is 0 Å². The highest BCUT2D eigenvalue weighted by Crippen LogP contribution is 2.55. The van der Waals surface area contributed by atoms with Crippen LogP contribution in [0.25, 0.3) is 0 Å². The molecular formula is C9H16O4S. The first kappa shape index (κ1) is 10.5. The predicted molar refractivity (Wildman–Crippen MR) is 52.2 cm³/mol. The molecule has 6 atom stereocenters. The lowest BCUT2D eigenvalue weighted by Crippen LogP contribution is -2.51. The molecule has 0 aromatic carbocycles. The first-order valence-corrected chi connectivity index (χ1v) is 5.96. The molecule has 0 spiro atoms. The minimum absolute atomic E-state index is 0.0206. The fourth-order valence-electron chi connectivity index (χ4n) is 2.81. The Hall–Kier alpha value is 0.0300. The van der Waals surface area contributed by atoms with Gasteiger partial charge >= 0.3 is 0 Å². The molecule has 2 bridgehead atoms. The molecule has 0 aromatic rings. The molecule has 0 radical (unpaired) electrons. The van der Waals surface area contributed by atoms with Gasteiger partial charge in [0.15, 0.2) is 11.1 Å². The van der Waals surface area contributed by atoms with Crippen molar-refractivity contribution >= 4 is 11.1 Å². The SMILES string of the molecule is CC1C(O)C2(C)OC1(C)CC2S(=O)O. The van der Waals surface area contributed by atoms with E-state index in [2.05, 4.69) is 0 Å². The number of ether oxygens (including phenoxy) is 1. The Kier molecular flexibility index (Phi) is 2.10. The molecule has 2 N–H and O–H groups in total. The second-order valence-electron chi connectivity index (χ2n) is 4.80. The lowest BCUT2D eigenvalue weighted by Gasteiger charge is -2.34. The molecule has 2 saturated heterocycles. The molecule has 14 heavy (non-hydrogen) atoms. The normalized spacial score (nSPS) is 59.1. The van der Waals surface area contributed by atoms with E-state index in [1.54, 1.807) is 6.92 Å². The Morgan fingerprint density at radius 2 is 2.07 bits per heavy atom. The van der Waals surface area contributed by atoms with Gasteiger partial charge in [-0.2, -0.15) is 0 Å². The lowest BCUT2D eigenvalue weighted by atomic mass is 9.74. The van der Waals surface area contributed by atoms with E-state index in [9.17, 15) is 9.32 Å². The van der Waals surface area contributed by atoms with E-state index in [0.29, 0.717) is 6.42 Å². The Morgan fingerprint density at radius 1 is 1.50 bits per heavy atom. The zero-order valence-corrected chi connectivity index (χ0v) is 9.37. The second kappa shape index (κ2) is 2.78. The minimum atomic E-state index is -1.93. The molecule has 2 heterocycles. The summed E-state index contributed by atoms with van der Waals surface area (Å²) >= 11 is -1.93. The molecule has 0 aliphatic carbocycles. The van der Waals surface area contributed by atoms with Gasteiger partial charge in [-0.15, -0.1) is 0 Å². The van der Waals surface area contributed by atoms with Gasteiger partial charge in [0.05, 0.1) is 17.0 Å². The summed E-state index contributed by atoms with van der Waals surface area (Å²) in [6.45, 7) is 5.55. The van der Waals surface area contributed by atoms with E-state index < -0.39 is 33.6 Å². The highest BCUT2D eigenvalue weighted by Gasteiger charge is 2.67. The molecule has 2 aliphatic rings. The number of hydrogen-bond acceptors (Lipinski definition) is 3. The van der Waals surface area contributed by atoms with Crippen LogP contribution in [0.4, 0.5) is 0 Å². The average molecular weight is 220 g/mol. The van der Waals surface area contributed by atoms with Crippen LogP contribution in [0.15, 0.2) is 0 Å². The summed E-state index contributed by atoms with van der Waals surface area (Å²) in [4.78, 5) is 0. The second-order valence-corrected chi connectivity index (χ2v) is 5.92. The van der Waals surface area contributed by atoms with E-state index in [0.717, 1.165) is 0 Å². The third kappa shape index (κ3) is 1.07. The van der Waals surface area contributed by atoms with Gasteiger partial charge in [-0.05, 0) is 20.3 Å². The van der Waals surface area contributed by atoms with Gasteiger partial charge in [0.2, 0.25) is 0 Å². The highest BCUT2D eigenvalue weighted by molar-refractivity contribution is 7.80. The summed E-state index contributed by atoms with van der Waals surface area (Å²) in [5.74, 6) is 0.0206. The lowest BCUT2D eigenvalue weighted by molar-refractivity contribution is -0.0559. The van der Waals surface area contributed by atoms with Crippen molar-refractivity contribution in [3.63, 3.8) is 0 Å². The van der Waals surface area contributed by atoms with Crippen LogP contribution in [0.3, 0.4) is 0 Å². The molecule has 2 rings (SSSR count). The van der Waals surface area contributed by atoms with E-state index in [1.165, 1.54) is 0 Å². The smallest absolute Gasteiger partial charge is 0.159 e. The van der Waals surface area contributed by atoms with Crippen LogP contribution in [-0.4, -0.2) is 36.4 Å². The van der Waals surface area contributed by atoms with Gasteiger partial charge in [0.25, 0.3) is 0 Å². The van der Waals surface area contributed by atoms with Crippen molar-refractivity contribution in [1.82, 2.24) is 0 Å². The quantitative estimate of drug-likeness (QED) is 0.632. The molecule has 82 valence electrons. The summed E-state index contributed by atoms with van der Waals surface area (Å²) in [5.41, 5.74) is -1.30. The van der Waals surface area contributed by atoms with E-state index >= 15 is 0 Å². The van der Waals surface area contributed by atoms with Gasteiger partial charge in [0.1, 0.15) is 5.60 Å². The third-order valence-corrected chi connectivity index (χ3v) is 5.07. The van der Waals surface area contributed by atoms with Crippen molar-refractivity contribution in [2.75, 3.05) is 0 Å². The predicted octanol–water partition coefficient (Wildman–Crippen LogP) is 0.525. The topological polar surface area (TPSA) is 66.8 Å². The number of aliphatic hydroxyl groups excluding tert-OH is 1. The Labute approximate surface area is 85.9 Å². The zero-order chi connectivity index (χ0) is 10.7. The monoisotopic (exact) mass is 220 g/mol. The van der Waals surface area contributed by atoms with Gasteiger partial charge in [-0.3, -0.25) is 0 Å². The molecule has 6 unspecified atom stereocenters. The zero-order valence-electron chi connectivity index (χ0n) is 8.56. The van der Waals surface area contributed by atoms with Crippen LogP contribution >= 0.6 is 0 Å². The third-order valence-electron chi connectivity index (χ3n) is 3.95. The van der Waals surface area contributed by atoms with Crippen molar-refractivity contribution < 1.29 is 18.6 Å². The summed E-state index contributed by atoms with van der Waals surface area (Å²) in [7, 11) is 0. The van der Waals surface area contributed by atoms with Crippen LogP contribution in [0.5, 0.6) is 0 Å². The van der Waals surface area contributed by atoms with Crippen molar-refractivity contribution in [3.8, 4) is 0 Å². The number of hydrogen-bond donors (Lipinski definition) is 2. The van der Waals surface area contributed by atoms with E-state index in [1.807, 2.05) is 13.8 Å². The minimum Gasteiger partial charge on any atom is -0.390 e. The van der Waals surface area contributed by atoms with Gasteiger partial charge in [0, 0.05) is 5.92 Å². The maximum absolute atomic E-state index is 11.1. The molecule has 0 aromatic heterocycles. The molecule has 5 heteroatoms. The standard InChI is InChI=1S/C9H16O4S/c1-5-7(10)9(3)6(14(11)12)4-8(5,2)13-9/h5-7,10H,4H2,1-3H3,(H,11,12). The van der Waals surface area contributed by atoms with Gasteiger partial charge < -0.3 is 14.4 Å². The average Bonchev–Trinajstić information content (AvgIpc) is 2.44. The molecule has 4 nitrogen and oxygen atoms in total. The van der Waals surface area contributed by atoms with E-state index in [4.69, 9.17) is 9.29 Å². The highest BCUT2D eigenvalue weighted by atomic mass is 32.2. The summed E-state index contributed by atoms with van der Waals surface area (Å²) in [6.07, 6.45) is -0.104. The molecule has 2 fully saturated rings. The molecule has 2 aliphatic heterocycles. The first-order chi connectivity index (χ1) is 6.31. The van der Waals surface area contributed by atoms with Crippen LogP contribution in [-0.2, 0) is 15.8 Å². The van der Waals surface area contributed by atoms with Crippen LogP contribution < -0.4 is 0 Å².